The minimum atomic E-state index is -4.47. The van der Waals surface area contributed by atoms with Gasteiger partial charge in [-0.15, -0.1) is 0 Å². The van der Waals surface area contributed by atoms with Crippen LogP contribution in [0, 0.1) is 46.3 Å². The summed E-state index contributed by atoms with van der Waals surface area (Å²) in [5, 5.41) is 11.7. The summed E-state index contributed by atoms with van der Waals surface area (Å²) >= 11 is 0. The predicted molar refractivity (Wildman–Crippen MR) is 269 cm³/mol. The van der Waals surface area contributed by atoms with Gasteiger partial charge in [0, 0.05) is 65.8 Å². The molecule has 5 fully saturated rings. The van der Waals surface area contributed by atoms with E-state index >= 15 is 0 Å². The van der Waals surface area contributed by atoms with Gasteiger partial charge < -0.3 is 24.0 Å². The number of aliphatic hydroxyl groups excluding tert-OH is 1. The number of nitrogens with zero attached hydrogens (tertiary/aromatic N) is 2. The van der Waals surface area contributed by atoms with Crippen molar-refractivity contribution in [2.24, 2.45) is 46.3 Å². The highest BCUT2D eigenvalue weighted by molar-refractivity contribution is 7.86. The van der Waals surface area contributed by atoms with Crippen LogP contribution in [0.2, 0.25) is 0 Å². The van der Waals surface area contributed by atoms with Crippen LogP contribution in [-0.2, 0) is 49.2 Å². The fourth-order valence-electron chi connectivity index (χ4n) is 14.7. The number of hydrogen-bond acceptors (Lipinski definition) is 8. The van der Waals surface area contributed by atoms with E-state index in [1.54, 1.807) is 5.57 Å². The van der Waals surface area contributed by atoms with Gasteiger partial charge in [-0.2, -0.15) is 16.8 Å². The van der Waals surface area contributed by atoms with Gasteiger partial charge in [-0.1, -0.05) is 112 Å². The van der Waals surface area contributed by atoms with Gasteiger partial charge in [0.05, 0.1) is 18.8 Å². The number of allylic oxidation sites excluding steroid dienone is 2. The molecule has 4 heterocycles. The Bertz CT molecular complexity index is 2910. The highest BCUT2D eigenvalue weighted by Crippen LogP contribution is 2.70. The van der Waals surface area contributed by atoms with Crippen molar-refractivity contribution in [2.75, 3.05) is 20.2 Å². The quantitative estimate of drug-likeness (QED) is 0.117. The summed E-state index contributed by atoms with van der Waals surface area (Å²) in [4.78, 5) is 1.60. The van der Waals surface area contributed by atoms with Gasteiger partial charge in [0.15, 0.2) is 5.79 Å². The van der Waals surface area contributed by atoms with E-state index in [0.717, 1.165) is 75.9 Å². The zero-order valence-corrected chi connectivity index (χ0v) is 42.4. The first-order chi connectivity index (χ1) is 32.8. The van der Waals surface area contributed by atoms with Crippen molar-refractivity contribution < 1.29 is 40.5 Å². The lowest BCUT2D eigenvalue weighted by molar-refractivity contribution is -0.272. The Morgan fingerprint density at radius 2 is 1.43 bits per heavy atom. The van der Waals surface area contributed by atoms with E-state index in [-0.39, 0.29) is 22.7 Å². The van der Waals surface area contributed by atoms with Crippen molar-refractivity contribution in [3.8, 4) is 0 Å². The Morgan fingerprint density at radius 3 is 2.10 bits per heavy atom. The molecule has 11 nitrogen and oxygen atoms in total. The Kier molecular flexibility index (Phi) is 12.9. The van der Waals surface area contributed by atoms with Gasteiger partial charge in [-0.25, -0.2) is 0 Å². The number of ether oxygens (including phenoxy) is 2. The molecule has 11 atom stereocenters. The average molecular weight is 979 g/mol. The fraction of sp³-hybridized carbons (Fsp3) is 0.536. The topological polar surface area (TPSA) is 156 Å². The smallest absolute Gasteiger partial charge is 0.295 e. The van der Waals surface area contributed by atoms with E-state index in [2.05, 4.69) is 105 Å². The molecule has 13 heteroatoms. The van der Waals surface area contributed by atoms with Gasteiger partial charge in [0.1, 0.15) is 9.79 Å². The maximum atomic E-state index is 11.2. The summed E-state index contributed by atoms with van der Waals surface area (Å²) in [6, 6.07) is 27.1. The molecular weight excluding hydrogens is 909 g/mol. The second-order valence-electron chi connectivity index (χ2n) is 22.2. The summed E-state index contributed by atoms with van der Waals surface area (Å²) < 4.78 is 78.5. The fourth-order valence-corrected chi connectivity index (χ4v) is 16.1. The number of likely N-dealkylation sites (N-methyl/N-ethyl adjacent to an activating group) is 1. The first kappa shape index (κ1) is 48.7. The van der Waals surface area contributed by atoms with Crippen molar-refractivity contribution >= 4 is 41.9 Å². The third kappa shape index (κ3) is 8.74. The number of hydrogen-bond donors (Lipinski definition) is 3. The number of para-hydroxylation sites is 1. The van der Waals surface area contributed by atoms with Gasteiger partial charge in [-0.3, -0.25) is 9.11 Å². The van der Waals surface area contributed by atoms with E-state index in [1.807, 2.05) is 0 Å². The molecule has 0 bridgehead atoms. The lowest BCUT2D eigenvalue weighted by Crippen LogP contribution is -2.50. The summed E-state index contributed by atoms with van der Waals surface area (Å²) in [5.41, 5.74) is 8.26. The van der Waals surface area contributed by atoms with Crippen LogP contribution >= 0.6 is 0 Å². The van der Waals surface area contributed by atoms with E-state index in [1.165, 1.54) is 90.5 Å². The molecule has 4 aromatic carbocycles. The third-order valence-corrected chi connectivity index (χ3v) is 20.0. The van der Waals surface area contributed by atoms with Crippen molar-refractivity contribution in [2.45, 2.75) is 133 Å². The van der Waals surface area contributed by atoms with Crippen LogP contribution in [0.1, 0.15) is 102 Å². The number of rotatable bonds is 4. The molecule has 12 rings (SSSR count). The standard InChI is InChI=1S/C27H42O3.C19H20N2.C10H8O6S2/c1-16-7-12-27(29-15-16)17(2)24-23(30-27)14-22-20-6-5-18-13-19(28)8-10-25(18,3)21(20)9-11-26(22,24)4;1-20-12-11-19-17(14-20)16-9-5-6-10-18(16)21(19)13-15-7-3-2-4-8-15;11-17(12,13)9-5-1-3-7-8(9)4-2-6-10(7)18(14,15)16/h9,16-20,22-24,28H,5-8,10-15H2,1-4H3;2-10H,11-14H2,1H3;1-6H,(H,11,12,13)(H,14,15,16). The van der Waals surface area contributed by atoms with Crippen LogP contribution in [0.25, 0.3) is 21.7 Å². The van der Waals surface area contributed by atoms with Crippen LogP contribution in [0.5, 0.6) is 0 Å². The largest absolute Gasteiger partial charge is 0.393 e. The van der Waals surface area contributed by atoms with Crippen molar-refractivity contribution in [3.05, 3.63) is 119 Å². The normalized spacial score (nSPS) is 34.0. The second kappa shape index (κ2) is 18.3. The molecule has 4 aliphatic carbocycles. The second-order valence-corrected chi connectivity index (χ2v) is 25.0. The molecular formula is C56H70N2O9S2. The third-order valence-electron chi connectivity index (χ3n) is 18.2. The average Bonchev–Trinajstić information content (AvgIpc) is 3.90. The van der Waals surface area contributed by atoms with Gasteiger partial charge >= 0.3 is 0 Å². The van der Waals surface area contributed by atoms with Gasteiger partial charge in [0.2, 0.25) is 0 Å². The SMILES string of the molecule is CC1CCC2(OC1)OC1CC3C4CCC5CC(O)CCC5(C)C4=CCC3(C)C1C2C.CN1CCc2c(c3ccccc3n2Cc2ccccc2)C1.O=S(=O)(O)c1cccc2c(S(=O)(=O)O)cccc12. The van der Waals surface area contributed by atoms with Crippen LogP contribution in [0.15, 0.2) is 112 Å². The van der Waals surface area contributed by atoms with Crippen molar-refractivity contribution in [3.63, 3.8) is 0 Å². The van der Waals surface area contributed by atoms with Gasteiger partial charge in [-0.05, 0) is 128 Å². The first-order valence-corrected chi connectivity index (χ1v) is 28.2. The summed E-state index contributed by atoms with van der Waals surface area (Å²) in [6.07, 6.45) is 14.7. The van der Waals surface area contributed by atoms with E-state index in [9.17, 15) is 21.9 Å². The predicted octanol–water partition coefficient (Wildman–Crippen LogP) is 10.7. The molecule has 0 radical (unpaired) electrons. The van der Waals surface area contributed by atoms with Crippen LogP contribution in [0.3, 0.4) is 0 Å². The molecule has 11 unspecified atom stereocenters. The minimum absolute atomic E-state index is 0.0233. The van der Waals surface area contributed by atoms with Gasteiger partial charge in [0.25, 0.3) is 20.2 Å². The lowest BCUT2D eigenvalue weighted by atomic mass is 9.48. The zero-order chi connectivity index (χ0) is 48.7. The Labute approximate surface area is 408 Å². The van der Waals surface area contributed by atoms with E-state index in [4.69, 9.17) is 18.6 Å². The molecule has 1 spiro atoms. The Balaban J connectivity index is 0.000000126. The number of benzene rings is 4. The van der Waals surface area contributed by atoms with Crippen molar-refractivity contribution in [1.29, 1.82) is 0 Å². The minimum Gasteiger partial charge on any atom is -0.393 e. The van der Waals surface area contributed by atoms with Crippen LogP contribution < -0.4 is 0 Å². The lowest BCUT2D eigenvalue weighted by Gasteiger charge is -2.57. The maximum Gasteiger partial charge on any atom is 0.295 e. The zero-order valence-electron chi connectivity index (χ0n) is 40.8. The van der Waals surface area contributed by atoms with Crippen LogP contribution in [0.4, 0.5) is 0 Å². The summed E-state index contributed by atoms with van der Waals surface area (Å²) in [5.74, 6) is 3.68. The summed E-state index contributed by atoms with van der Waals surface area (Å²) in [6.45, 7) is 13.9. The van der Waals surface area contributed by atoms with Crippen molar-refractivity contribution in [1.82, 2.24) is 9.47 Å². The molecule has 0 amide bonds. The molecule has 3 saturated carbocycles. The first-order valence-electron chi connectivity index (χ1n) is 25.3. The van der Waals surface area contributed by atoms with E-state index in [0.29, 0.717) is 40.6 Å². The molecule has 5 aromatic rings. The number of aliphatic hydroxyl groups is 1. The molecule has 7 aliphatic rings. The highest BCUT2D eigenvalue weighted by atomic mass is 32.2. The molecule has 1 aromatic heterocycles. The molecule has 2 saturated heterocycles. The summed E-state index contributed by atoms with van der Waals surface area (Å²) in [7, 11) is -6.72. The maximum absolute atomic E-state index is 11.2. The van der Waals surface area contributed by atoms with Crippen LogP contribution in [-0.4, -0.2) is 78.7 Å². The Hall–Kier alpha value is -3.92. The number of fused-ring (bicyclic) bond motifs is 11. The number of aromatic nitrogens is 1. The molecule has 3 aliphatic heterocycles. The monoisotopic (exact) mass is 978 g/mol. The highest BCUT2D eigenvalue weighted by Gasteiger charge is 2.68. The molecule has 370 valence electrons. The molecule has 3 N–H and O–H groups in total. The molecule has 69 heavy (non-hydrogen) atoms. The Morgan fingerprint density at radius 1 is 0.768 bits per heavy atom. The van der Waals surface area contributed by atoms with E-state index < -0.39 is 30.0 Å².